The zero-order chi connectivity index (χ0) is 15.9. The summed E-state index contributed by atoms with van der Waals surface area (Å²) >= 11 is 0. The topological polar surface area (TPSA) is 52.5 Å². The highest BCUT2D eigenvalue weighted by Crippen LogP contribution is 2.29. The van der Waals surface area contributed by atoms with Crippen LogP contribution in [0, 0.1) is 0 Å². The van der Waals surface area contributed by atoms with Gasteiger partial charge >= 0.3 is 0 Å². The van der Waals surface area contributed by atoms with Gasteiger partial charge in [0.05, 0.1) is 18.7 Å². The molecule has 5 nitrogen and oxygen atoms in total. The van der Waals surface area contributed by atoms with Gasteiger partial charge in [0, 0.05) is 25.6 Å². The van der Waals surface area contributed by atoms with Gasteiger partial charge < -0.3 is 19.4 Å². The lowest BCUT2D eigenvalue weighted by molar-refractivity contribution is 0.0928. The fourth-order valence-corrected chi connectivity index (χ4v) is 2.55. The minimum absolute atomic E-state index is 0.0795. The third-order valence-electron chi connectivity index (χ3n) is 3.48. The Balaban J connectivity index is 2.41. The standard InChI is InChI=1S/C17H24N2O3/c1-4-10-19-14-7-6-8-16(22-5-2)13(14)12-15(19)17(20)18-9-11-21-3/h6-8,12H,4-5,9-11H2,1-3H3,(H,18,20). The fraction of sp³-hybridized carbons (Fsp3) is 0.471. The molecule has 0 atom stereocenters. The van der Waals surface area contributed by atoms with Crippen LogP contribution in [0.1, 0.15) is 30.8 Å². The fourth-order valence-electron chi connectivity index (χ4n) is 2.55. The number of fused-ring (bicyclic) bond motifs is 1. The normalized spacial score (nSPS) is 10.9. The van der Waals surface area contributed by atoms with Crippen molar-refractivity contribution in [2.75, 3.05) is 26.9 Å². The van der Waals surface area contributed by atoms with E-state index in [0.29, 0.717) is 25.5 Å². The van der Waals surface area contributed by atoms with Crippen molar-refractivity contribution in [3.63, 3.8) is 0 Å². The van der Waals surface area contributed by atoms with E-state index in [-0.39, 0.29) is 5.91 Å². The lowest BCUT2D eigenvalue weighted by Crippen LogP contribution is -2.28. The van der Waals surface area contributed by atoms with Crippen LogP contribution in [0.25, 0.3) is 10.9 Å². The first kappa shape index (κ1) is 16.4. The molecule has 1 amide bonds. The minimum atomic E-state index is -0.0795. The Morgan fingerprint density at radius 3 is 2.82 bits per heavy atom. The second-order valence-corrected chi connectivity index (χ2v) is 5.05. The van der Waals surface area contributed by atoms with Gasteiger partial charge in [-0.15, -0.1) is 0 Å². The molecule has 22 heavy (non-hydrogen) atoms. The van der Waals surface area contributed by atoms with Gasteiger partial charge in [-0.05, 0) is 31.5 Å². The molecule has 0 aliphatic rings. The van der Waals surface area contributed by atoms with Gasteiger partial charge in [-0.1, -0.05) is 13.0 Å². The van der Waals surface area contributed by atoms with Crippen molar-refractivity contribution in [3.05, 3.63) is 30.0 Å². The first-order valence-corrected chi connectivity index (χ1v) is 7.75. The van der Waals surface area contributed by atoms with E-state index >= 15 is 0 Å². The van der Waals surface area contributed by atoms with Crippen LogP contribution < -0.4 is 10.1 Å². The average Bonchev–Trinajstić information content (AvgIpc) is 2.88. The summed E-state index contributed by atoms with van der Waals surface area (Å²) in [6, 6.07) is 7.85. The van der Waals surface area contributed by atoms with E-state index in [2.05, 4.69) is 16.8 Å². The van der Waals surface area contributed by atoms with Gasteiger partial charge in [0.25, 0.3) is 5.91 Å². The van der Waals surface area contributed by atoms with Crippen molar-refractivity contribution in [2.45, 2.75) is 26.8 Å². The van der Waals surface area contributed by atoms with Crippen LogP contribution in [0.15, 0.2) is 24.3 Å². The number of hydrogen-bond donors (Lipinski definition) is 1. The molecule has 2 rings (SSSR count). The maximum atomic E-state index is 12.4. The monoisotopic (exact) mass is 304 g/mol. The molecule has 120 valence electrons. The highest BCUT2D eigenvalue weighted by atomic mass is 16.5. The smallest absolute Gasteiger partial charge is 0.268 e. The number of aromatic nitrogens is 1. The highest BCUT2D eigenvalue weighted by molar-refractivity contribution is 6.00. The first-order valence-electron chi connectivity index (χ1n) is 7.75. The molecular formula is C17H24N2O3. The van der Waals surface area contributed by atoms with Gasteiger partial charge in [-0.25, -0.2) is 0 Å². The molecule has 0 saturated carbocycles. The highest BCUT2D eigenvalue weighted by Gasteiger charge is 2.17. The number of rotatable bonds is 8. The molecule has 0 aliphatic heterocycles. The van der Waals surface area contributed by atoms with E-state index in [9.17, 15) is 4.79 Å². The Labute approximate surface area is 131 Å². The zero-order valence-corrected chi connectivity index (χ0v) is 13.5. The van der Waals surface area contributed by atoms with E-state index in [1.165, 1.54) is 0 Å². The summed E-state index contributed by atoms with van der Waals surface area (Å²) in [4.78, 5) is 12.4. The number of nitrogens with one attached hydrogen (secondary N) is 1. The number of amides is 1. The minimum Gasteiger partial charge on any atom is -0.493 e. The maximum Gasteiger partial charge on any atom is 0.268 e. The zero-order valence-electron chi connectivity index (χ0n) is 13.5. The number of benzene rings is 1. The molecule has 1 aromatic carbocycles. The molecule has 0 saturated heterocycles. The molecule has 0 aliphatic carbocycles. The number of ether oxygens (including phenoxy) is 2. The number of methoxy groups -OCH3 is 1. The van der Waals surface area contributed by atoms with Crippen molar-refractivity contribution in [1.82, 2.24) is 9.88 Å². The van der Waals surface area contributed by atoms with Crippen molar-refractivity contribution >= 4 is 16.8 Å². The Morgan fingerprint density at radius 1 is 1.32 bits per heavy atom. The Hall–Kier alpha value is -2.01. The van der Waals surface area contributed by atoms with Gasteiger partial charge in [-0.3, -0.25) is 4.79 Å². The van der Waals surface area contributed by atoms with E-state index in [1.54, 1.807) is 7.11 Å². The molecule has 0 radical (unpaired) electrons. The molecule has 0 fully saturated rings. The predicted octanol–water partition coefficient (Wildman–Crippen LogP) is 2.83. The number of hydrogen-bond acceptors (Lipinski definition) is 3. The maximum absolute atomic E-state index is 12.4. The first-order chi connectivity index (χ1) is 10.7. The van der Waals surface area contributed by atoms with Crippen molar-refractivity contribution in [3.8, 4) is 5.75 Å². The lowest BCUT2D eigenvalue weighted by atomic mass is 10.2. The van der Waals surface area contributed by atoms with Crippen LogP contribution in [0.5, 0.6) is 5.75 Å². The summed E-state index contributed by atoms with van der Waals surface area (Å²) in [5.41, 5.74) is 1.70. The van der Waals surface area contributed by atoms with Crippen molar-refractivity contribution in [2.24, 2.45) is 0 Å². The van der Waals surface area contributed by atoms with Crippen LogP contribution >= 0.6 is 0 Å². The van der Waals surface area contributed by atoms with Crippen LogP contribution in [0.3, 0.4) is 0 Å². The molecule has 5 heteroatoms. The summed E-state index contributed by atoms with van der Waals surface area (Å²) in [7, 11) is 1.62. The predicted molar refractivity (Wildman–Crippen MR) is 87.6 cm³/mol. The summed E-state index contributed by atoms with van der Waals surface area (Å²) < 4.78 is 12.7. The van der Waals surface area contributed by atoms with E-state index in [0.717, 1.165) is 29.6 Å². The van der Waals surface area contributed by atoms with Gasteiger partial charge in [-0.2, -0.15) is 0 Å². The Morgan fingerprint density at radius 2 is 2.14 bits per heavy atom. The molecule has 1 heterocycles. The van der Waals surface area contributed by atoms with Crippen molar-refractivity contribution < 1.29 is 14.3 Å². The third-order valence-corrected chi connectivity index (χ3v) is 3.48. The quantitative estimate of drug-likeness (QED) is 0.763. The second-order valence-electron chi connectivity index (χ2n) is 5.05. The molecule has 1 N–H and O–H groups in total. The molecular weight excluding hydrogens is 280 g/mol. The molecule has 0 spiro atoms. The van der Waals surface area contributed by atoms with Crippen LogP contribution in [-0.2, 0) is 11.3 Å². The average molecular weight is 304 g/mol. The molecule has 1 aromatic heterocycles. The number of nitrogens with zero attached hydrogens (tertiary/aromatic N) is 1. The molecule has 0 bridgehead atoms. The van der Waals surface area contributed by atoms with Gasteiger partial charge in [0.2, 0.25) is 0 Å². The number of carbonyl (C=O) groups excluding carboxylic acids is 1. The van der Waals surface area contributed by atoms with Crippen LogP contribution in [0.2, 0.25) is 0 Å². The largest absolute Gasteiger partial charge is 0.493 e. The summed E-state index contributed by atoms with van der Waals surface area (Å²) in [6.45, 7) is 6.47. The van der Waals surface area contributed by atoms with Crippen LogP contribution in [-0.4, -0.2) is 37.3 Å². The number of aryl methyl sites for hydroxylation is 1. The molecule has 0 unspecified atom stereocenters. The Bertz CT molecular complexity index is 634. The lowest BCUT2D eigenvalue weighted by Gasteiger charge is -2.10. The molecule has 2 aromatic rings. The van der Waals surface area contributed by atoms with Crippen LogP contribution in [0.4, 0.5) is 0 Å². The summed E-state index contributed by atoms with van der Waals surface area (Å²) in [5, 5.41) is 3.87. The number of carbonyl (C=O) groups is 1. The van der Waals surface area contributed by atoms with Gasteiger partial charge in [0.15, 0.2) is 0 Å². The summed E-state index contributed by atoms with van der Waals surface area (Å²) in [5.74, 6) is 0.741. The second kappa shape index (κ2) is 7.84. The van der Waals surface area contributed by atoms with Gasteiger partial charge in [0.1, 0.15) is 11.4 Å². The van der Waals surface area contributed by atoms with Crippen molar-refractivity contribution in [1.29, 1.82) is 0 Å². The third kappa shape index (κ3) is 3.42. The summed E-state index contributed by atoms with van der Waals surface area (Å²) in [6.07, 6.45) is 0.959. The van der Waals surface area contributed by atoms with E-state index in [1.807, 2.05) is 31.2 Å². The van der Waals surface area contributed by atoms with E-state index < -0.39 is 0 Å². The van der Waals surface area contributed by atoms with E-state index in [4.69, 9.17) is 9.47 Å². The SMILES string of the molecule is CCCn1c(C(=O)NCCOC)cc2c(OCC)cccc21. The Kier molecular flexibility index (Phi) is 5.83.